The lowest BCUT2D eigenvalue weighted by Crippen LogP contribution is -2.39. The van der Waals surface area contributed by atoms with Gasteiger partial charge in [0.1, 0.15) is 4.90 Å². The Labute approximate surface area is 114 Å². The standard InChI is InChI=1S/C12H22N4O2S/c1-9(2)10-4-6-16(7-5-10)19(17,18)11-8-15(3)14-12(11)13/h8-10H,4-7H2,1-3H3,(H2,13,14). The number of anilines is 1. The molecule has 2 N–H and O–H groups in total. The van der Waals surface area contributed by atoms with E-state index in [0.29, 0.717) is 24.9 Å². The third-order valence-corrected chi connectivity index (χ3v) is 5.80. The zero-order valence-corrected chi connectivity index (χ0v) is 12.5. The van der Waals surface area contributed by atoms with Crippen LogP contribution in [-0.4, -0.2) is 35.6 Å². The van der Waals surface area contributed by atoms with Gasteiger partial charge in [0.2, 0.25) is 10.0 Å². The highest BCUT2D eigenvalue weighted by atomic mass is 32.2. The highest BCUT2D eigenvalue weighted by Gasteiger charge is 2.32. The molecule has 1 aliphatic heterocycles. The Morgan fingerprint density at radius 3 is 2.37 bits per heavy atom. The minimum absolute atomic E-state index is 0.0773. The highest BCUT2D eigenvalue weighted by molar-refractivity contribution is 7.89. The number of sulfonamides is 1. The first-order valence-electron chi connectivity index (χ1n) is 6.61. The Morgan fingerprint density at radius 2 is 1.95 bits per heavy atom. The molecule has 0 unspecified atom stereocenters. The first-order chi connectivity index (χ1) is 8.82. The molecule has 2 rings (SSSR count). The molecule has 1 saturated heterocycles. The Balaban J connectivity index is 2.16. The monoisotopic (exact) mass is 286 g/mol. The van der Waals surface area contributed by atoms with Crippen molar-refractivity contribution in [2.75, 3.05) is 18.8 Å². The summed E-state index contributed by atoms with van der Waals surface area (Å²) in [5.74, 6) is 1.29. The lowest BCUT2D eigenvalue weighted by Gasteiger charge is -2.32. The first-order valence-corrected chi connectivity index (χ1v) is 8.05. The van der Waals surface area contributed by atoms with Crippen molar-refractivity contribution < 1.29 is 8.42 Å². The lowest BCUT2D eigenvalue weighted by molar-refractivity contribution is 0.226. The van der Waals surface area contributed by atoms with Crippen molar-refractivity contribution in [2.24, 2.45) is 18.9 Å². The second-order valence-corrected chi connectivity index (χ2v) is 7.44. The SMILES string of the molecule is CC(C)C1CCN(S(=O)(=O)c2cn(C)nc2N)CC1. The number of rotatable bonds is 3. The van der Waals surface area contributed by atoms with Gasteiger partial charge in [0.05, 0.1) is 0 Å². The second kappa shape index (κ2) is 5.13. The number of piperidine rings is 1. The summed E-state index contributed by atoms with van der Waals surface area (Å²) in [7, 11) is -1.83. The highest BCUT2D eigenvalue weighted by Crippen LogP contribution is 2.29. The van der Waals surface area contributed by atoms with Gasteiger partial charge in [-0.15, -0.1) is 0 Å². The van der Waals surface area contributed by atoms with E-state index in [-0.39, 0.29) is 10.7 Å². The van der Waals surface area contributed by atoms with Gasteiger partial charge in [-0.25, -0.2) is 8.42 Å². The van der Waals surface area contributed by atoms with Crippen LogP contribution < -0.4 is 5.73 Å². The van der Waals surface area contributed by atoms with E-state index in [2.05, 4.69) is 18.9 Å². The van der Waals surface area contributed by atoms with Crippen molar-refractivity contribution in [1.29, 1.82) is 0 Å². The number of hydrogen-bond donors (Lipinski definition) is 1. The van der Waals surface area contributed by atoms with Gasteiger partial charge in [0.25, 0.3) is 0 Å². The van der Waals surface area contributed by atoms with Crippen LogP contribution in [0, 0.1) is 11.8 Å². The molecule has 0 spiro atoms. The molecule has 1 fully saturated rings. The summed E-state index contributed by atoms with van der Waals surface area (Å²) in [5, 5.41) is 3.90. The van der Waals surface area contributed by atoms with E-state index in [1.807, 2.05) is 0 Å². The second-order valence-electron chi connectivity index (χ2n) is 5.54. The molecule has 2 heterocycles. The third kappa shape index (κ3) is 2.76. The summed E-state index contributed by atoms with van der Waals surface area (Å²) in [6, 6.07) is 0. The molecule has 0 bridgehead atoms. The topological polar surface area (TPSA) is 81.2 Å². The quantitative estimate of drug-likeness (QED) is 0.901. The van der Waals surface area contributed by atoms with Crippen LogP contribution in [0.25, 0.3) is 0 Å². The Morgan fingerprint density at radius 1 is 1.37 bits per heavy atom. The van der Waals surface area contributed by atoms with Crippen LogP contribution in [0.4, 0.5) is 5.82 Å². The van der Waals surface area contributed by atoms with Crippen molar-refractivity contribution in [3.63, 3.8) is 0 Å². The minimum atomic E-state index is -3.50. The fourth-order valence-electron chi connectivity index (χ4n) is 2.60. The molecule has 0 atom stereocenters. The predicted octanol–water partition coefficient (Wildman–Crippen LogP) is 1.06. The van der Waals surface area contributed by atoms with Crippen molar-refractivity contribution in [2.45, 2.75) is 31.6 Å². The average molecular weight is 286 g/mol. The van der Waals surface area contributed by atoms with Gasteiger partial charge in [-0.2, -0.15) is 9.40 Å². The smallest absolute Gasteiger partial charge is 0.248 e. The van der Waals surface area contributed by atoms with Gasteiger partial charge >= 0.3 is 0 Å². The number of aromatic nitrogens is 2. The van der Waals surface area contributed by atoms with E-state index in [9.17, 15) is 8.42 Å². The molecule has 0 saturated carbocycles. The van der Waals surface area contributed by atoms with Crippen LogP contribution in [0.1, 0.15) is 26.7 Å². The molecule has 0 aromatic carbocycles. The number of nitrogens with two attached hydrogens (primary N) is 1. The molecule has 108 valence electrons. The molecular weight excluding hydrogens is 264 g/mol. The van der Waals surface area contributed by atoms with E-state index in [1.54, 1.807) is 7.05 Å². The van der Waals surface area contributed by atoms with Gasteiger partial charge in [-0.05, 0) is 24.7 Å². The summed E-state index contributed by atoms with van der Waals surface area (Å²) in [6.45, 7) is 5.51. The zero-order valence-electron chi connectivity index (χ0n) is 11.7. The van der Waals surface area contributed by atoms with Crippen molar-refractivity contribution in [1.82, 2.24) is 14.1 Å². The Bertz CT molecular complexity index is 542. The van der Waals surface area contributed by atoms with E-state index >= 15 is 0 Å². The number of nitrogens with zero attached hydrogens (tertiary/aromatic N) is 3. The number of nitrogen functional groups attached to an aromatic ring is 1. The third-order valence-electron chi connectivity index (χ3n) is 3.88. The molecule has 0 amide bonds. The summed E-state index contributed by atoms with van der Waals surface area (Å²) in [6.07, 6.45) is 3.30. The maximum absolute atomic E-state index is 12.5. The Hall–Kier alpha value is -1.08. The summed E-state index contributed by atoms with van der Waals surface area (Å²) in [4.78, 5) is 0.123. The largest absolute Gasteiger partial charge is 0.381 e. The summed E-state index contributed by atoms with van der Waals surface area (Å²) in [5.41, 5.74) is 5.67. The maximum atomic E-state index is 12.5. The number of hydrogen-bond acceptors (Lipinski definition) is 4. The van der Waals surface area contributed by atoms with Crippen LogP contribution in [0.2, 0.25) is 0 Å². The van der Waals surface area contributed by atoms with Gasteiger partial charge in [-0.3, -0.25) is 4.68 Å². The number of aryl methyl sites for hydroxylation is 1. The van der Waals surface area contributed by atoms with Gasteiger partial charge < -0.3 is 5.73 Å². The lowest BCUT2D eigenvalue weighted by atomic mass is 9.87. The molecule has 7 heteroatoms. The Kier molecular flexibility index (Phi) is 3.87. The van der Waals surface area contributed by atoms with Crippen molar-refractivity contribution in [3.8, 4) is 0 Å². The maximum Gasteiger partial charge on any atom is 0.248 e. The van der Waals surface area contributed by atoms with Gasteiger partial charge in [0, 0.05) is 26.3 Å². The molecule has 1 aromatic rings. The van der Waals surface area contributed by atoms with Crippen LogP contribution in [0.3, 0.4) is 0 Å². The first kappa shape index (κ1) is 14.3. The molecular formula is C12H22N4O2S. The molecule has 1 aromatic heterocycles. The fourth-order valence-corrected chi connectivity index (χ4v) is 4.17. The minimum Gasteiger partial charge on any atom is -0.381 e. The van der Waals surface area contributed by atoms with Crippen LogP contribution >= 0.6 is 0 Å². The molecule has 1 aliphatic rings. The van der Waals surface area contributed by atoms with Crippen LogP contribution in [-0.2, 0) is 17.1 Å². The fraction of sp³-hybridized carbons (Fsp3) is 0.750. The van der Waals surface area contributed by atoms with Crippen molar-refractivity contribution >= 4 is 15.8 Å². The van der Waals surface area contributed by atoms with Crippen LogP contribution in [0.15, 0.2) is 11.1 Å². The molecule has 6 nitrogen and oxygen atoms in total. The van der Waals surface area contributed by atoms with E-state index < -0.39 is 10.0 Å². The van der Waals surface area contributed by atoms with Gasteiger partial charge in [-0.1, -0.05) is 13.8 Å². The average Bonchev–Trinajstić information content (AvgIpc) is 2.69. The van der Waals surface area contributed by atoms with Crippen LogP contribution in [0.5, 0.6) is 0 Å². The predicted molar refractivity (Wildman–Crippen MR) is 73.9 cm³/mol. The van der Waals surface area contributed by atoms with E-state index in [1.165, 1.54) is 15.2 Å². The summed E-state index contributed by atoms with van der Waals surface area (Å²) < 4.78 is 27.9. The van der Waals surface area contributed by atoms with Gasteiger partial charge in [0.15, 0.2) is 5.82 Å². The molecule has 0 aliphatic carbocycles. The van der Waals surface area contributed by atoms with Crippen molar-refractivity contribution in [3.05, 3.63) is 6.20 Å². The summed E-state index contributed by atoms with van der Waals surface area (Å²) >= 11 is 0. The van der Waals surface area contributed by atoms with E-state index in [4.69, 9.17) is 5.73 Å². The normalized spacial score (nSPS) is 19.2. The van der Waals surface area contributed by atoms with E-state index in [0.717, 1.165) is 12.8 Å². The zero-order chi connectivity index (χ0) is 14.2. The molecule has 0 radical (unpaired) electrons. The molecule has 19 heavy (non-hydrogen) atoms.